The number of hydrogen-bond acceptors (Lipinski definition) is 6. The number of anilines is 1. The van der Waals surface area contributed by atoms with Gasteiger partial charge in [0.15, 0.2) is 0 Å². The Morgan fingerprint density at radius 3 is 2.43 bits per heavy atom. The molecule has 7 nitrogen and oxygen atoms in total. The molecule has 0 atom stereocenters. The molecule has 1 fully saturated rings. The van der Waals surface area contributed by atoms with Crippen molar-refractivity contribution in [2.24, 2.45) is 5.92 Å². The van der Waals surface area contributed by atoms with E-state index in [1.165, 1.54) is 47.0 Å². The van der Waals surface area contributed by atoms with E-state index >= 15 is 0 Å². The summed E-state index contributed by atoms with van der Waals surface area (Å²) >= 11 is 7.06. The number of methoxy groups -OCH3 is 1. The Kier molecular flexibility index (Phi) is 6.39. The van der Waals surface area contributed by atoms with Crippen LogP contribution in [0.2, 0.25) is 5.02 Å². The number of carbonyl (C=O) groups is 2. The normalized spacial score (nSPS) is 15.9. The van der Waals surface area contributed by atoms with E-state index in [0.717, 1.165) is 0 Å². The fraction of sp³-hybridized carbons (Fsp3) is 0.333. The Bertz CT molecular complexity index is 964. The second kappa shape index (κ2) is 8.60. The van der Waals surface area contributed by atoms with Crippen molar-refractivity contribution in [2.75, 3.05) is 25.5 Å². The van der Waals surface area contributed by atoms with E-state index in [4.69, 9.17) is 16.3 Å². The van der Waals surface area contributed by atoms with Gasteiger partial charge in [-0.1, -0.05) is 11.6 Å². The molecule has 0 radical (unpaired) electrons. The van der Waals surface area contributed by atoms with Gasteiger partial charge >= 0.3 is 5.97 Å². The van der Waals surface area contributed by atoms with Crippen molar-refractivity contribution < 1.29 is 22.7 Å². The number of halogens is 1. The van der Waals surface area contributed by atoms with Gasteiger partial charge < -0.3 is 10.1 Å². The quantitative estimate of drug-likeness (QED) is 0.717. The zero-order valence-corrected chi connectivity index (χ0v) is 17.4. The van der Waals surface area contributed by atoms with E-state index < -0.39 is 16.0 Å². The van der Waals surface area contributed by atoms with Crippen LogP contribution in [0.25, 0.3) is 0 Å². The van der Waals surface area contributed by atoms with E-state index in [-0.39, 0.29) is 29.8 Å². The van der Waals surface area contributed by atoms with Crippen LogP contribution in [0.15, 0.2) is 40.6 Å². The summed E-state index contributed by atoms with van der Waals surface area (Å²) < 4.78 is 31.5. The number of nitrogens with one attached hydrogen (secondary N) is 1. The number of ether oxygens (including phenoxy) is 1. The average molecular weight is 443 g/mol. The highest BCUT2D eigenvalue weighted by Crippen LogP contribution is 2.28. The maximum atomic E-state index is 12.7. The largest absolute Gasteiger partial charge is 0.465 e. The predicted octanol–water partition coefficient (Wildman–Crippen LogP) is 3.23. The van der Waals surface area contributed by atoms with Gasteiger partial charge in [-0.15, -0.1) is 11.3 Å². The molecule has 3 rings (SSSR count). The zero-order valence-electron chi connectivity index (χ0n) is 15.1. The number of hydrogen-bond donors (Lipinski definition) is 1. The number of amides is 1. The monoisotopic (exact) mass is 442 g/mol. The Balaban J connectivity index is 1.62. The first-order chi connectivity index (χ1) is 13.3. The standard InChI is InChI=1S/C18H19ClN2O5S2/c1-26-18(23)15-8-11-27-17(15)20-16(22)12-6-9-21(10-7-12)28(24,25)14-4-2-13(19)3-5-14/h2-5,8,11-12H,6-7,9-10H2,1H3,(H,20,22). The summed E-state index contributed by atoms with van der Waals surface area (Å²) in [7, 11) is -2.34. The van der Waals surface area contributed by atoms with Crippen molar-refractivity contribution >= 4 is 49.8 Å². The van der Waals surface area contributed by atoms with Crippen molar-refractivity contribution in [3.05, 3.63) is 46.3 Å². The molecule has 2 aromatic rings. The van der Waals surface area contributed by atoms with Crippen molar-refractivity contribution in [1.29, 1.82) is 0 Å². The fourth-order valence-corrected chi connectivity index (χ4v) is 5.38. The van der Waals surface area contributed by atoms with E-state index in [1.807, 2.05) is 0 Å². The number of piperidine rings is 1. The minimum Gasteiger partial charge on any atom is -0.465 e. The lowest BCUT2D eigenvalue weighted by molar-refractivity contribution is -0.120. The predicted molar refractivity (Wildman–Crippen MR) is 107 cm³/mol. The number of carbonyl (C=O) groups excluding carboxylic acids is 2. The van der Waals surface area contributed by atoms with Crippen LogP contribution in [0.4, 0.5) is 5.00 Å². The van der Waals surface area contributed by atoms with Crippen LogP contribution in [0, 0.1) is 5.92 Å². The van der Waals surface area contributed by atoms with Gasteiger partial charge in [0.05, 0.1) is 17.6 Å². The highest BCUT2D eigenvalue weighted by molar-refractivity contribution is 7.89. The molecule has 1 aromatic heterocycles. The van der Waals surface area contributed by atoms with Crippen LogP contribution in [0.1, 0.15) is 23.2 Å². The van der Waals surface area contributed by atoms with E-state index in [0.29, 0.717) is 28.4 Å². The molecule has 150 valence electrons. The summed E-state index contributed by atoms with van der Waals surface area (Å²) in [4.78, 5) is 24.4. The molecule has 0 bridgehead atoms. The van der Waals surface area contributed by atoms with Gasteiger partial charge in [0.2, 0.25) is 15.9 Å². The van der Waals surface area contributed by atoms with Crippen molar-refractivity contribution in [3.63, 3.8) is 0 Å². The van der Waals surface area contributed by atoms with E-state index in [2.05, 4.69) is 5.32 Å². The van der Waals surface area contributed by atoms with Crippen molar-refractivity contribution in [1.82, 2.24) is 4.31 Å². The van der Waals surface area contributed by atoms with Crippen LogP contribution >= 0.6 is 22.9 Å². The zero-order chi connectivity index (χ0) is 20.3. The van der Waals surface area contributed by atoms with Crippen molar-refractivity contribution in [3.8, 4) is 0 Å². The second-order valence-electron chi connectivity index (χ2n) is 6.28. The Morgan fingerprint density at radius 1 is 1.18 bits per heavy atom. The highest BCUT2D eigenvalue weighted by atomic mass is 35.5. The van der Waals surface area contributed by atoms with Crippen molar-refractivity contribution in [2.45, 2.75) is 17.7 Å². The number of rotatable bonds is 5. The maximum absolute atomic E-state index is 12.7. The molecule has 1 aliphatic rings. The molecule has 28 heavy (non-hydrogen) atoms. The molecule has 10 heteroatoms. The van der Waals surface area contributed by atoms with Crippen LogP contribution in [-0.4, -0.2) is 44.8 Å². The Hall–Kier alpha value is -1.94. The molecule has 1 aromatic carbocycles. The maximum Gasteiger partial charge on any atom is 0.340 e. The third kappa shape index (κ3) is 4.38. The molecular weight excluding hydrogens is 424 g/mol. The number of nitrogens with zero attached hydrogens (tertiary/aromatic N) is 1. The van der Waals surface area contributed by atoms with E-state index in [1.54, 1.807) is 11.4 Å². The first-order valence-corrected chi connectivity index (χ1v) is 11.2. The van der Waals surface area contributed by atoms with Crippen LogP contribution in [-0.2, 0) is 19.6 Å². The van der Waals surface area contributed by atoms with E-state index in [9.17, 15) is 18.0 Å². The summed E-state index contributed by atoms with van der Waals surface area (Å²) in [6, 6.07) is 7.61. The topological polar surface area (TPSA) is 92.8 Å². The molecule has 0 unspecified atom stereocenters. The molecule has 1 amide bonds. The summed E-state index contributed by atoms with van der Waals surface area (Å²) in [5.41, 5.74) is 0.309. The summed E-state index contributed by atoms with van der Waals surface area (Å²) in [6.07, 6.45) is 0.801. The summed E-state index contributed by atoms with van der Waals surface area (Å²) in [6.45, 7) is 0.495. The first-order valence-electron chi connectivity index (χ1n) is 8.55. The molecule has 0 spiro atoms. The number of thiophene rings is 1. The molecule has 2 heterocycles. The fourth-order valence-electron chi connectivity index (χ4n) is 3.00. The van der Waals surface area contributed by atoms with Gasteiger partial charge in [-0.25, -0.2) is 13.2 Å². The molecule has 0 saturated carbocycles. The lowest BCUT2D eigenvalue weighted by Gasteiger charge is -2.30. The lowest BCUT2D eigenvalue weighted by atomic mass is 9.97. The average Bonchev–Trinajstić information content (AvgIpc) is 3.16. The summed E-state index contributed by atoms with van der Waals surface area (Å²) in [5, 5.41) is 5.37. The first kappa shape index (κ1) is 20.8. The smallest absolute Gasteiger partial charge is 0.340 e. The number of esters is 1. The molecular formula is C18H19ClN2O5S2. The number of benzene rings is 1. The Labute approximate surface area is 172 Å². The van der Waals surface area contributed by atoms with Gasteiger partial charge in [0.1, 0.15) is 5.00 Å². The highest BCUT2D eigenvalue weighted by Gasteiger charge is 2.32. The Morgan fingerprint density at radius 2 is 1.82 bits per heavy atom. The molecule has 1 N–H and O–H groups in total. The SMILES string of the molecule is COC(=O)c1ccsc1NC(=O)C1CCN(S(=O)(=O)c2ccc(Cl)cc2)CC1. The second-order valence-corrected chi connectivity index (χ2v) is 9.57. The molecule has 1 aliphatic heterocycles. The van der Waals surface area contributed by atoms with Gasteiger partial charge in [-0.05, 0) is 48.6 Å². The molecule has 0 aliphatic carbocycles. The lowest BCUT2D eigenvalue weighted by Crippen LogP contribution is -2.41. The van der Waals surface area contributed by atoms with Gasteiger partial charge in [0, 0.05) is 24.0 Å². The van der Waals surface area contributed by atoms with Gasteiger partial charge in [-0.3, -0.25) is 4.79 Å². The van der Waals surface area contributed by atoms with Crippen LogP contribution < -0.4 is 5.32 Å². The van der Waals surface area contributed by atoms with Crippen LogP contribution in [0.5, 0.6) is 0 Å². The minimum absolute atomic E-state index is 0.182. The molecule has 1 saturated heterocycles. The third-order valence-corrected chi connectivity index (χ3v) is 7.58. The van der Waals surface area contributed by atoms with Crippen LogP contribution in [0.3, 0.4) is 0 Å². The van der Waals surface area contributed by atoms with Gasteiger partial charge in [0.25, 0.3) is 0 Å². The minimum atomic E-state index is -3.62. The third-order valence-electron chi connectivity index (χ3n) is 4.58. The van der Waals surface area contributed by atoms with Gasteiger partial charge in [-0.2, -0.15) is 4.31 Å². The number of sulfonamides is 1. The summed E-state index contributed by atoms with van der Waals surface area (Å²) in [5.74, 6) is -1.07.